The molecule has 1 aromatic heterocycles. The van der Waals surface area contributed by atoms with Crippen LogP contribution in [0.2, 0.25) is 0 Å². The minimum Gasteiger partial charge on any atom is -0.405 e. The third-order valence-corrected chi connectivity index (χ3v) is 4.87. The maximum atomic E-state index is 15.0. The van der Waals surface area contributed by atoms with E-state index in [1.807, 2.05) is 24.3 Å². The number of nitrogens with zero attached hydrogens (tertiary/aromatic N) is 4. The van der Waals surface area contributed by atoms with Crippen molar-refractivity contribution >= 4 is 17.1 Å². The second-order valence-corrected chi connectivity index (χ2v) is 6.90. The largest absolute Gasteiger partial charge is 0.405 e. The first-order valence-electron chi connectivity index (χ1n) is 9.91. The summed E-state index contributed by atoms with van der Waals surface area (Å²) in [7, 11) is 0. The van der Waals surface area contributed by atoms with Gasteiger partial charge in [-0.15, -0.1) is 0 Å². The van der Waals surface area contributed by atoms with Gasteiger partial charge in [-0.2, -0.15) is 5.10 Å². The number of hydrogen-bond donors (Lipinski definition) is 1. The fourth-order valence-electron chi connectivity index (χ4n) is 3.32. The Kier molecular flexibility index (Phi) is 6.18. The molecule has 4 rings (SSSR count). The smallest absolute Gasteiger partial charge is 0.209 e. The maximum Gasteiger partial charge on any atom is 0.209 e. The quantitative estimate of drug-likeness (QED) is 0.643. The second-order valence-electron chi connectivity index (χ2n) is 6.90. The summed E-state index contributed by atoms with van der Waals surface area (Å²) in [6.07, 6.45) is 4.22. The van der Waals surface area contributed by atoms with Crippen molar-refractivity contribution in [1.29, 1.82) is 0 Å². The van der Waals surface area contributed by atoms with Crippen LogP contribution >= 0.6 is 0 Å². The monoisotopic (exact) mass is 419 g/mol. The Hall–Kier alpha value is -3.78. The van der Waals surface area contributed by atoms with Gasteiger partial charge < -0.3 is 15.4 Å². The lowest BCUT2D eigenvalue weighted by Gasteiger charge is -2.29. The van der Waals surface area contributed by atoms with E-state index in [9.17, 15) is 9.18 Å². The molecule has 0 amide bonds. The molecular weight excluding hydrogens is 397 g/mol. The topological polar surface area (TPSA) is 85.7 Å². The van der Waals surface area contributed by atoms with Crippen molar-refractivity contribution in [2.75, 3.05) is 31.2 Å². The normalized spacial score (nSPS) is 14.9. The van der Waals surface area contributed by atoms with Gasteiger partial charge in [-0.1, -0.05) is 18.2 Å². The predicted molar refractivity (Wildman–Crippen MR) is 119 cm³/mol. The van der Waals surface area contributed by atoms with Gasteiger partial charge in [-0.3, -0.25) is 4.79 Å². The van der Waals surface area contributed by atoms with Crippen LogP contribution < -0.4 is 16.1 Å². The molecule has 1 fully saturated rings. The van der Waals surface area contributed by atoms with Gasteiger partial charge in [0.1, 0.15) is 5.69 Å². The SMILES string of the molecule is NC=CC(=Nc1ccccc1)c1nn(-c2ccc(N3CCOCC3)cc2F)ccc1=O. The minimum atomic E-state index is -0.443. The lowest BCUT2D eigenvalue weighted by Crippen LogP contribution is -2.36. The van der Waals surface area contributed by atoms with E-state index >= 15 is 0 Å². The first-order valence-corrected chi connectivity index (χ1v) is 9.91. The van der Waals surface area contributed by atoms with Gasteiger partial charge in [-0.05, 0) is 42.6 Å². The van der Waals surface area contributed by atoms with Gasteiger partial charge in [0.25, 0.3) is 0 Å². The zero-order chi connectivity index (χ0) is 21.6. The summed E-state index contributed by atoms with van der Waals surface area (Å²) < 4.78 is 21.6. The molecule has 0 atom stereocenters. The van der Waals surface area contributed by atoms with E-state index in [0.717, 1.165) is 5.69 Å². The van der Waals surface area contributed by atoms with Crippen LogP contribution in [0.5, 0.6) is 0 Å². The van der Waals surface area contributed by atoms with E-state index < -0.39 is 5.82 Å². The molecule has 3 aromatic rings. The molecule has 0 unspecified atom stereocenters. The summed E-state index contributed by atoms with van der Waals surface area (Å²) in [5.74, 6) is -0.443. The zero-order valence-corrected chi connectivity index (χ0v) is 16.8. The van der Waals surface area contributed by atoms with Gasteiger partial charge >= 0.3 is 0 Å². The highest BCUT2D eigenvalue weighted by Gasteiger charge is 2.15. The fraction of sp³-hybridized carbons (Fsp3) is 0.174. The van der Waals surface area contributed by atoms with Crippen LogP contribution in [0.25, 0.3) is 5.69 Å². The van der Waals surface area contributed by atoms with E-state index in [2.05, 4.69) is 15.0 Å². The molecule has 2 heterocycles. The molecule has 158 valence electrons. The average molecular weight is 419 g/mol. The predicted octanol–water partition coefficient (Wildman–Crippen LogP) is 2.80. The molecule has 0 bridgehead atoms. The van der Waals surface area contributed by atoms with Crippen molar-refractivity contribution in [2.24, 2.45) is 10.7 Å². The molecule has 0 spiro atoms. The van der Waals surface area contributed by atoms with Crippen LogP contribution in [0.1, 0.15) is 5.69 Å². The van der Waals surface area contributed by atoms with Crippen LogP contribution in [-0.4, -0.2) is 41.8 Å². The molecule has 0 radical (unpaired) electrons. The first kappa shape index (κ1) is 20.5. The Balaban J connectivity index is 1.72. The molecular formula is C23H22FN5O2. The molecule has 2 aromatic carbocycles. The highest BCUT2D eigenvalue weighted by atomic mass is 19.1. The summed E-state index contributed by atoms with van der Waals surface area (Å²) >= 11 is 0. The second kappa shape index (κ2) is 9.36. The molecule has 7 nitrogen and oxygen atoms in total. The number of ether oxygens (including phenoxy) is 1. The Morgan fingerprint density at radius 1 is 1.13 bits per heavy atom. The van der Waals surface area contributed by atoms with Gasteiger partial charge in [0, 0.05) is 31.0 Å². The summed E-state index contributed by atoms with van der Waals surface area (Å²) in [4.78, 5) is 19.1. The number of rotatable bonds is 5. The number of halogens is 1. The van der Waals surface area contributed by atoms with Gasteiger partial charge in [-0.25, -0.2) is 14.1 Å². The minimum absolute atomic E-state index is 0.0738. The van der Waals surface area contributed by atoms with E-state index in [-0.39, 0.29) is 16.8 Å². The van der Waals surface area contributed by atoms with Crippen molar-refractivity contribution in [3.05, 3.63) is 94.8 Å². The van der Waals surface area contributed by atoms with Crippen molar-refractivity contribution < 1.29 is 9.13 Å². The fourth-order valence-corrected chi connectivity index (χ4v) is 3.32. The van der Waals surface area contributed by atoms with Crippen molar-refractivity contribution in [1.82, 2.24) is 9.78 Å². The Bertz CT molecular complexity index is 1170. The van der Waals surface area contributed by atoms with E-state index in [0.29, 0.717) is 37.7 Å². The van der Waals surface area contributed by atoms with Crippen molar-refractivity contribution in [2.45, 2.75) is 0 Å². The summed E-state index contributed by atoms with van der Waals surface area (Å²) in [6, 6.07) is 15.4. The Morgan fingerprint density at radius 2 is 1.90 bits per heavy atom. The third-order valence-electron chi connectivity index (χ3n) is 4.87. The van der Waals surface area contributed by atoms with Crippen molar-refractivity contribution in [3.63, 3.8) is 0 Å². The summed E-state index contributed by atoms with van der Waals surface area (Å²) in [5, 5.41) is 4.35. The van der Waals surface area contributed by atoms with E-state index in [1.54, 1.807) is 18.2 Å². The lowest BCUT2D eigenvalue weighted by molar-refractivity contribution is 0.122. The van der Waals surface area contributed by atoms with Crippen LogP contribution in [-0.2, 0) is 4.74 Å². The van der Waals surface area contributed by atoms with Gasteiger partial charge in [0.15, 0.2) is 11.5 Å². The highest BCUT2D eigenvalue weighted by molar-refractivity contribution is 6.08. The number of hydrogen-bond acceptors (Lipinski definition) is 6. The number of allylic oxidation sites excluding steroid dienone is 1. The standard InChI is InChI=1S/C23H22FN5O2/c24-19-16-18(28-12-14-31-15-13-28)6-7-21(19)29-11-9-22(30)23(27-29)20(8-10-25)26-17-4-2-1-3-5-17/h1-11,16H,12-15,25H2. The number of nitrogens with two attached hydrogens (primary N) is 1. The third kappa shape index (κ3) is 4.70. The molecule has 1 saturated heterocycles. The van der Waals surface area contributed by atoms with Crippen LogP contribution in [0.15, 0.2) is 82.9 Å². The molecule has 0 aliphatic carbocycles. The average Bonchev–Trinajstić information content (AvgIpc) is 2.80. The molecule has 0 saturated carbocycles. The van der Waals surface area contributed by atoms with Gasteiger partial charge in [0.05, 0.1) is 24.6 Å². The van der Waals surface area contributed by atoms with E-state index in [1.165, 1.54) is 35.3 Å². The number of aliphatic imine (C=N–C) groups is 1. The first-order chi connectivity index (χ1) is 15.2. The maximum absolute atomic E-state index is 15.0. The molecule has 2 N–H and O–H groups in total. The van der Waals surface area contributed by atoms with E-state index in [4.69, 9.17) is 10.5 Å². The summed E-state index contributed by atoms with van der Waals surface area (Å²) in [6.45, 7) is 2.66. The molecule has 1 aliphatic heterocycles. The number of aromatic nitrogens is 2. The zero-order valence-electron chi connectivity index (χ0n) is 16.8. The van der Waals surface area contributed by atoms with Gasteiger partial charge in [0.2, 0.25) is 5.43 Å². The van der Waals surface area contributed by atoms with Crippen LogP contribution in [0.3, 0.4) is 0 Å². The molecule has 31 heavy (non-hydrogen) atoms. The van der Waals surface area contributed by atoms with Crippen molar-refractivity contribution in [3.8, 4) is 5.69 Å². The molecule has 8 heteroatoms. The van der Waals surface area contributed by atoms with Crippen LogP contribution in [0.4, 0.5) is 15.8 Å². The Labute approximate surface area is 178 Å². The number of morpholine rings is 1. The molecule has 1 aliphatic rings. The highest BCUT2D eigenvalue weighted by Crippen LogP contribution is 2.22. The van der Waals surface area contributed by atoms with Crippen LogP contribution in [0, 0.1) is 5.82 Å². The summed E-state index contributed by atoms with van der Waals surface area (Å²) in [5.41, 5.74) is 7.24. The Morgan fingerprint density at radius 3 is 2.61 bits per heavy atom. The number of anilines is 1. The lowest BCUT2D eigenvalue weighted by atomic mass is 10.2. The number of benzene rings is 2. The number of para-hydroxylation sites is 1.